The molecule has 177 valence electrons. The lowest BCUT2D eigenvalue weighted by Gasteiger charge is -2.37. The Hall–Kier alpha value is -1.15. The Morgan fingerprint density at radius 3 is 2.38 bits per heavy atom. The van der Waals surface area contributed by atoms with E-state index in [1.165, 1.54) is 11.1 Å². The summed E-state index contributed by atoms with van der Waals surface area (Å²) in [6.07, 6.45) is 1.47. The van der Waals surface area contributed by atoms with E-state index in [1.807, 2.05) is 24.8 Å². The van der Waals surface area contributed by atoms with Crippen LogP contribution in [0.15, 0.2) is 18.2 Å². The fourth-order valence-corrected chi connectivity index (χ4v) is 5.25. The summed E-state index contributed by atoms with van der Waals surface area (Å²) in [5.41, 5.74) is 1.85. The van der Waals surface area contributed by atoms with Crippen LogP contribution in [0, 0.1) is 5.92 Å². The Kier molecular flexibility index (Phi) is 6.82. The minimum Gasteiger partial charge on any atom is -0.427 e. The standard InChI is InChI=1S/C25H41BNO4Si/c1-23(2,3)32(8,9)30-14-13-27-21(28)16-17-15-19-18(22(17)27)11-10-12-20(19)26-31-25(6,7)24(4,5)29/h10-12,17,22,29H,13-16H2,1-9H3. The monoisotopic (exact) mass is 458 g/mol. The average Bonchev–Trinajstić information content (AvgIpc) is 3.14. The van der Waals surface area contributed by atoms with Gasteiger partial charge in [0.1, 0.15) is 0 Å². The molecule has 7 heteroatoms. The number of benzene rings is 1. The first-order chi connectivity index (χ1) is 14.6. The highest BCUT2D eigenvalue weighted by Gasteiger charge is 2.46. The fraction of sp³-hybridized carbons (Fsp3) is 0.720. The van der Waals surface area contributed by atoms with E-state index in [9.17, 15) is 9.90 Å². The van der Waals surface area contributed by atoms with Gasteiger partial charge >= 0.3 is 7.48 Å². The molecule has 1 saturated heterocycles. The molecule has 1 amide bonds. The van der Waals surface area contributed by atoms with Crippen LogP contribution in [0.4, 0.5) is 0 Å². The Labute approximate surface area is 196 Å². The van der Waals surface area contributed by atoms with Crippen LogP contribution in [0.5, 0.6) is 0 Å². The molecule has 0 bridgehead atoms. The third-order valence-electron chi connectivity index (χ3n) is 8.13. The van der Waals surface area contributed by atoms with E-state index in [0.717, 1.165) is 11.9 Å². The predicted octanol–water partition coefficient (Wildman–Crippen LogP) is 3.96. The van der Waals surface area contributed by atoms with Crippen molar-refractivity contribution in [2.24, 2.45) is 5.92 Å². The van der Waals surface area contributed by atoms with Crippen molar-refractivity contribution in [3.63, 3.8) is 0 Å². The predicted molar refractivity (Wildman–Crippen MR) is 133 cm³/mol. The van der Waals surface area contributed by atoms with Crippen molar-refractivity contribution in [1.82, 2.24) is 4.90 Å². The van der Waals surface area contributed by atoms with Crippen molar-refractivity contribution in [1.29, 1.82) is 0 Å². The Morgan fingerprint density at radius 2 is 1.78 bits per heavy atom. The van der Waals surface area contributed by atoms with Crippen molar-refractivity contribution >= 4 is 27.2 Å². The summed E-state index contributed by atoms with van der Waals surface area (Å²) < 4.78 is 12.4. The topological polar surface area (TPSA) is 59.0 Å². The minimum atomic E-state index is -1.84. The van der Waals surface area contributed by atoms with E-state index >= 15 is 0 Å². The van der Waals surface area contributed by atoms with Gasteiger partial charge in [0.15, 0.2) is 8.32 Å². The molecule has 1 radical (unpaired) electrons. The maximum absolute atomic E-state index is 12.8. The van der Waals surface area contributed by atoms with Crippen molar-refractivity contribution in [3.8, 4) is 0 Å². The highest BCUT2D eigenvalue weighted by atomic mass is 28.4. The van der Waals surface area contributed by atoms with Gasteiger partial charge < -0.3 is 19.1 Å². The third kappa shape index (κ3) is 4.86. The molecule has 2 unspecified atom stereocenters. The maximum atomic E-state index is 12.8. The molecule has 1 N–H and O–H groups in total. The van der Waals surface area contributed by atoms with Crippen LogP contribution in [0.2, 0.25) is 18.1 Å². The molecule has 1 fully saturated rings. The zero-order chi connectivity index (χ0) is 24.1. The molecule has 5 nitrogen and oxygen atoms in total. The number of nitrogens with zero attached hydrogens (tertiary/aromatic N) is 1. The maximum Gasteiger partial charge on any atom is 0.331 e. The van der Waals surface area contributed by atoms with Gasteiger partial charge in [-0.15, -0.1) is 0 Å². The van der Waals surface area contributed by atoms with E-state index < -0.39 is 19.5 Å². The number of aliphatic hydroxyl groups is 1. The first kappa shape index (κ1) is 25.5. The second kappa shape index (κ2) is 8.57. The molecule has 1 aromatic rings. The average molecular weight is 459 g/mol. The van der Waals surface area contributed by atoms with Gasteiger partial charge in [-0.2, -0.15) is 0 Å². The molecule has 2 atom stereocenters. The number of carbonyl (C=O) groups excluding carboxylic acids is 1. The van der Waals surface area contributed by atoms with E-state index in [4.69, 9.17) is 9.08 Å². The van der Waals surface area contributed by atoms with Crippen LogP contribution in [-0.4, -0.2) is 56.1 Å². The third-order valence-corrected chi connectivity index (χ3v) is 12.7. The van der Waals surface area contributed by atoms with Crippen LogP contribution in [0.1, 0.15) is 72.1 Å². The molecule has 1 aromatic carbocycles. The molecule has 1 aliphatic carbocycles. The van der Waals surface area contributed by atoms with Crippen LogP contribution in [0.25, 0.3) is 0 Å². The molecule has 0 saturated carbocycles. The number of rotatable bonds is 8. The van der Waals surface area contributed by atoms with E-state index in [0.29, 0.717) is 25.5 Å². The number of amides is 1. The summed E-state index contributed by atoms with van der Waals surface area (Å²) in [5.74, 6) is 0.542. The lowest BCUT2D eigenvalue weighted by atomic mass is 9.79. The van der Waals surface area contributed by atoms with Gasteiger partial charge in [-0.3, -0.25) is 4.79 Å². The quantitative estimate of drug-likeness (QED) is 0.599. The summed E-state index contributed by atoms with van der Waals surface area (Å²) in [5, 5.41) is 10.6. The zero-order valence-electron chi connectivity index (χ0n) is 21.4. The van der Waals surface area contributed by atoms with Gasteiger partial charge in [0, 0.05) is 13.0 Å². The van der Waals surface area contributed by atoms with Gasteiger partial charge in [-0.05, 0) is 74.8 Å². The first-order valence-corrected chi connectivity index (χ1v) is 14.7. The molecule has 32 heavy (non-hydrogen) atoms. The van der Waals surface area contributed by atoms with Gasteiger partial charge in [0.05, 0.1) is 23.9 Å². The van der Waals surface area contributed by atoms with E-state index in [2.05, 4.69) is 46.0 Å². The van der Waals surface area contributed by atoms with Crippen LogP contribution in [0.3, 0.4) is 0 Å². The highest BCUT2D eigenvalue weighted by Crippen LogP contribution is 2.46. The largest absolute Gasteiger partial charge is 0.427 e. The minimum absolute atomic E-state index is 0.121. The van der Waals surface area contributed by atoms with Crippen LogP contribution in [-0.2, 0) is 20.3 Å². The lowest BCUT2D eigenvalue weighted by Crippen LogP contribution is -2.49. The van der Waals surface area contributed by atoms with Crippen molar-refractivity contribution in [2.75, 3.05) is 13.2 Å². The van der Waals surface area contributed by atoms with Crippen molar-refractivity contribution in [3.05, 3.63) is 29.3 Å². The Balaban J connectivity index is 1.73. The summed E-state index contributed by atoms with van der Waals surface area (Å²) in [6, 6.07) is 6.38. The van der Waals surface area contributed by atoms with Gasteiger partial charge in [0.25, 0.3) is 0 Å². The SMILES string of the molecule is CC(C)(O)C(C)(C)O[B]c1cccc2c1CC1CC(=O)N(CCO[Si](C)(C)C(C)(C)C)C21. The summed E-state index contributed by atoms with van der Waals surface area (Å²) in [4.78, 5) is 14.9. The number of likely N-dealkylation sites (tertiary alicyclic amines) is 1. The van der Waals surface area contributed by atoms with Crippen LogP contribution < -0.4 is 5.46 Å². The number of fused-ring (bicyclic) bond motifs is 3. The molecular weight excluding hydrogens is 417 g/mol. The van der Waals surface area contributed by atoms with Crippen molar-refractivity contribution < 1.29 is 19.0 Å². The Morgan fingerprint density at radius 1 is 1.12 bits per heavy atom. The number of carbonyl (C=O) groups is 1. The van der Waals surface area contributed by atoms with Gasteiger partial charge in [0.2, 0.25) is 5.91 Å². The highest BCUT2D eigenvalue weighted by molar-refractivity contribution is 6.74. The van der Waals surface area contributed by atoms with E-state index in [1.54, 1.807) is 21.3 Å². The molecule has 0 spiro atoms. The molecule has 2 aliphatic rings. The van der Waals surface area contributed by atoms with Crippen molar-refractivity contribution in [2.45, 2.75) is 96.7 Å². The van der Waals surface area contributed by atoms with Gasteiger partial charge in [-0.1, -0.05) is 39.0 Å². The normalized spacial score (nSPS) is 21.7. The molecule has 1 heterocycles. The zero-order valence-corrected chi connectivity index (χ0v) is 22.4. The summed E-state index contributed by atoms with van der Waals surface area (Å²) >= 11 is 0. The summed E-state index contributed by atoms with van der Waals surface area (Å²) in [6.45, 7) is 19.8. The second-order valence-corrected chi connectivity index (χ2v) is 16.8. The fourth-order valence-electron chi connectivity index (χ4n) is 4.21. The molecular formula is C25H41BNO4Si. The van der Waals surface area contributed by atoms with E-state index in [-0.39, 0.29) is 17.0 Å². The molecule has 1 aliphatic heterocycles. The molecule has 0 aromatic heterocycles. The number of hydrogen-bond acceptors (Lipinski definition) is 4. The second-order valence-electron chi connectivity index (χ2n) is 12.0. The summed E-state index contributed by atoms with van der Waals surface area (Å²) in [7, 11) is -0.0549. The van der Waals surface area contributed by atoms with Crippen LogP contribution >= 0.6 is 0 Å². The smallest absolute Gasteiger partial charge is 0.331 e. The molecule has 3 rings (SSSR count). The first-order valence-electron chi connectivity index (χ1n) is 11.8. The lowest BCUT2D eigenvalue weighted by molar-refractivity contribution is -0.129. The van der Waals surface area contributed by atoms with Gasteiger partial charge in [-0.25, -0.2) is 0 Å². The Bertz CT molecular complexity index is 856. The number of hydrogen-bond donors (Lipinski definition) is 1.